The van der Waals surface area contributed by atoms with Crippen LogP contribution in [0.25, 0.3) is 19.5 Å². The van der Waals surface area contributed by atoms with Crippen LogP contribution in [0.2, 0.25) is 17.1 Å². The molecule has 5 aromatic rings. The maximum atomic E-state index is 14.4. The van der Waals surface area contributed by atoms with Crippen LogP contribution >= 0.6 is 34.0 Å². The van der Waals surface area contributed by atoms with Crippen LogP contribution in [0.15, 0.2) is 72.8 Å². The monoisotopic (exact) mass is 963 g/mol. The molecule has 0 bridgehead atoms. The first-order valence-corrected chi connectivity index (χ1v) is 32.1. The van der Waals surface area contributed by atoms with Crippen LogP contribution in [0.5, 0.6) is 0 Å². The summed E-state index contributed by atoms with van der Waals surface area (Å²) in [6.07, 6.45) is 16.4. The average Bonchev–Trinajstić information content (AvgIpc) is 4.10. The van der Waals surface area contributed by atoms with Crippen LogP contribution < -0.4 is 20.7 Å². The third-order valence-electron chi connectivity index (χ3n) is 14.9. The van der Waals surface area contributed by atoms with E-state index in [1.165, 1.54) is 93.3 Å². The predicted molar refractivity (Wildman–Crippen MR) is 288 cm³/mol. The Hall–Kier alpha value is -2.93. The smallest absolute Gasteiger partial charge is 0.263 e. The SMILES string of the molecule is CCCCC(CC)C[Si]1(CC(CC)CCCC)c2cc(C)sc2-c2sc(-c3sc(C)c4c3C(=O)N(CCCCCCCCO[Si](c3ccccc3)(c3ccccc3)C(C)(C)C)C4=O)cc21. The van der Waals surface area contributed by atoms with Gasteiger partial charge < -0.3 is 4.43 Å². The first-order valence-electron chi connectivity index (χ1n) is 25.4. The summed E-state index contributed by atoms with van der Waals surface area (Å²) in [5.74, 6) is 1.31. The lowest BCUT2D eigenvalue weighted by molar-refractivity contribution is 0.0651. The number of fused-ring (bicyclic) bond motifs is 4. The fourth-order valence-electron chi connectivity index (χ4n) is 11.4. The number of imide groups is 1. The van der Waals surface area contributed by atoms with Gasteiger partial charge in [0.2, 0.25) is 0 Å². The highest BCUT2D eigenvalue weighted by Gasteiger charge is 2.51. The molecule has 2 aliphatic heterocycles. The fourth-order valence-corrected chi connectivity index (χ4v) is 27.6. The van der Waals surface area contributed by atoms with Crippen molar-refractivity contribution in [3.05, 3.63) is 93.7 Å². The van der Waals surface area contributed by atoms with Crippen molar-refractivity contribution in [2.75, 3.05) is 13.2 Å². The van der Waals surface area contributed by atoms with Gasteiger partial charge >= 0.3 is 0 Å². The number of amides is 2. The van der Waals surface area contributed by atoms with Gasteiger partial charge in [0.15, 0.2) is 0 Å². The van der Waals surface area contributed by atoms with Gasteiger partial charge in [-0.05, 0) is 88.5 Å². The van der Waals surface area contributed by atoms with Gasteiger partial charge in [-0.3, -0.25) is 14.5 Å². The van der Waals surface area contributed by atoms with Crippen molar-refractivity contribution in [2.45, 2.75) is 169 Å². The molecule has 2 amide bonds. The maximum absolute atomic E-state index is 14.4. The van der Waals surface area contributed by atoms with Crippen LogP contribution in [0.4, 0.5) is 0 Å². The number of hydrogen-bond donors (Lipinski definition) is 0. The lowest BCUT2D eigenvalue weighted by atomic mass is 10.0. The Bertz CT molecular complexity index is 2300. The van der Waals surface area contributed by atoms with Crippen LogP contribution in [-0.2, 0) is 4.43 Å². The van der Waals surface area contributed by atoms with Crippen LogP contribution in [0, 0.1) is 25.7 Å². The summed E-state index contributed by atoms with van der Waals surface area (Å²) in [5, 5.41) is 5.99. The molecule has 65 heavy (non-hydrogen) atoms. The van der Waals surface area contributed by atoms with E-state index in [1.54, 1.807) is 26.6 Å². The van der Waals surface area contributed by atoms with Gasteiger partial charge in [-0.15, -0.1) is 34.0 Å². The molecule has 350 valence electrons. The van der Waals surface area contributed by atoms with Crippen molar-refractivity contribution in [3.8, 4) is 19.5 Å². The highest BCUT2D eigenvalue weighted by atomic mass is 32.1. The largest absolute Gasteiger partial charge is 0.407 e. The molecule has 9 heteroatoms. The topological polar surface area (TPSA) is 46.6 Å². The van der Waals surface area contributed by atoms with Crippen molar-refractivity contribution in [1.29, 1.82) is 0 Å². The minimum Gasteiger partial charge on any atom is -0.407 e. The summed E-state index contributed by atoms with van der Waals surface area (Å²) < 4.78 is 7.13. The minimum absolute atomic E-state index is 0.0224. The Morgan fingerprint density at radius 3 is 1.71 bits per heavy atom. The second kappa shape index (κ2) is 22.0. The standard InChI is InChI=1S/C56H77NO3S3Si2/c1-10-14-28-42(12-3)38-64(39-43(13-4)29-15-11-2)47-36-40(5)61-52(47)53-48(64)37-46(63-53)51-50-49(41(6)62-51)54(58)57(55(50)59)34-26-18-16-17-19-27-35-60-65(56(7,8)9,44-30-22-20-23-31-44)45-32-24-21-25-33-45/h20-25,30-33,36-37,42-43H,10-19,26-29,34-35,38-39H2,1-9H3. The normalized spacial score (nSPS) is 16.9. The second-order valence-corrected chi connectivity index (χ2v) is 32.3. The van der Waals surface area contributed by atoms with Gasteiger partial charge in [-0.2, -0.15) is 0 Å². The molecule has 2 unspecified atom stereocenters. The second-order valence-electron chi connectivity index (χ2n) is 20.4. The van der Waals surface area contributed by atoms with E-state index in [0.717, 1.165) is 66.7 Å². The molecule has 3 aromatic heterocycles. The molecule has 0 aliphatic carbocycles. The molecule has 0 saturated carbocycles. The van der Waals surface area contributed by atoms with Crippen LogP contribution in [0.1, 0.15) is 169 Å². The van der Waals surface area contributed by atoms with E-state index in [9.17, 15) is 9.59 Å². The van der Waals surface area contributed by atoms with E-state index in [0.29, 0.717) is 17.7 Å². The number of carbonyl (C=O) groups is 2. The third kappa shape index (κ3) is 10.1. The minimum atomic E-state index is -2.52. The number of rotatable bonds is 25. The van der Waals surface area contributed by atoms with Crippen molar-refractivity contribution in [2.24, 2.45) is 11.8 Å². The lowest BCUT2D eigenvalue weighted by Crippen LogP contribution is -2.66. The molecule has 0 N–H and O–H groups in total. The van der Waals surface area contributed by atoms with Crippen molar-refractivity contribution < 1.29 is 14.0 Å². The predicted octanol–water partition coefficient (Wildman–Crippen LogP) is 14.6. The van der Waals surface area contributed by atoms with Gasteiger partial charge in [-0.1, -0.05) is 186 Å². The van der Waals surface area contributed by atoms with E-state index >= 15 is 0 Å². The van der Waals surface area contributed by atoms with Gasteiger partial charge in [-0.25, -0.2) is 0 Å². The molecule has 0 radical (unpaired) electrons. The van der Waals surface area contributed by atoms with E-state index in [2.05, 4.69) is 135 Å². The maximum Gasteiger partial charge on any atom is 0.263 e. The molecular weight excluding hydrogens is 887 g/mol. The highest BCUT2D eigenvalue weighted by molar-refractivity contribution is 7.32. The molecule has 2 aromatic carbocycles. The molecule has 0 spiro atoms. The summed E-state index contributed by atoms with van der Waals surface area (Å²) in [4.78, 5) is 37.7. The Morgan fingerprint density at radius 2 is 1.15 bits per heavy atom. The summed E-state index contributed by atoms with van der Waals surface area (Å²) in [6, 6.07) is 29.6. The van der Waals surface area contributed by atoms with Gasteiger partial charge in [0.1, 0.15) is 8.07 Å². The first-order chi connectivity index (χ1) is 31.3. The van der Waals surface area contributed by atoms with Gasteiger partial charge in [0, 0.05) is 37.5 Å². The van der Waals surface area contributed by atoms with Crippen molar-refractivity contribution in [1.82, 2.24) is 4.90 Å². The number of unbranched alkanes of at least 4 members (excludes halogenated alkanes) is 7. The molecule has 2 atom stereocenters. The quantitative estimate of drug-likeness (QED) is 0.0333. The molecule has 0 fully saturated rings. The van der Waals surface area contributed by atoms with E-state index in [4.69, 9.17) is 4.43 Å². The fraction of sp³-hybridized carbons (Fsp3) is 0.536. The summed E-state index contributed by atoms with van der Waals surface area (Å²) >= 11 is 5.60. The van der Waals surface area contributed by atoms with E-state index in [1.807, 2.05) is 22.7 Å². The number of benzene rings is 2. The zero-order chi connectivity index (χ0) is 46.4. The Kier molecular flexibility index (Phi) is 16.9. The molecule has 0 saturated heterocycles. The average molecular weight is 965 g/mol. The summed E-state index contributed by atoms with van der Waals surface area (Å²) in [6.45, 7) is 22.1. The van der Waals surface area contributed by atoms with Crippen molar-refractivity contribution in [3.63, 3.8) is 0 Å². The summed E-state index contributed by atoms with van der Waals surface area (Å²) in [7, 11) is -4.64. The molecule has 4 nitrogen and oxygen atoms in total. The molecule has 2 aliphatic rings. The molecular formula is C56H77NO3S3Si2. The third-order valence-corrected chi connectivity index (χ3v) is 29.4. The highest BCUT2D eigenvalue weighted by Crippen LogP contribution is 2.50. The number of aryl methyl sites for hydroxylation is 2. The molecule has 7 rings (SSSR count). The van der Waals surface area contributed by atoms with Crippen LogP contribution in [-0.4, -0.2) is 46.3 Å². The molecule has 5 heterocycles. The zero-order valence-corrected chi connectivity index (χ0v) is 45.7. The first kappa shape index (κ1) is 50.0. The number of nitrogens with zero attached hydrogens (tertiary/aromatic N) is 1. The van der Waals surface area contributed by atoms with Gasteiger partial charge in [0.25, 0.3) is 20.1 Å². The van der Waals surface area contributed by atoms with Gasteiger partial charge in [0.05, 0.1) is 16.0 Å². The van der Waals surface area contributed by atoms with E-state index < -0.39 is 16.4 Å². The lowest BCUT2D eigenvalue weighted by Gasteiger charge is -2.43. The van der Waals surface area contributed by atoms with E-state index in [-0.39, 0.29) is 16.9 Å². The Morgan fingerprint density at radius 1 is 0.631 bits per heavy atom. The Labute approximate surface area is 406 Å². The number of thiophene rings is 3. The van der Waals surface area contributed by atoms with Crippen LogP contribution in [0.3, 0.4) is 0 Å². The summed E-state index contributed by atoms with van der Waals surface area (Å²) in [5.41, 5.74) is 1.34. The Balaban J connectivity index is 1.02. The number of hydrogen-bond acceptors (Lipinski definition) is 6. The number of carbonyl (C=O) groups excluding carboxylic acids is 2. The van der Waals surface area contributed by atoms with Crippen molar-refractivity contribution >= 4 is 83.0 Å². The zero-order valence-electron chi connectivity index (χ0n) is 41.2.